The summed E-state index contributed by atoms with van der Waals surface area (Å²) in [6.45, 7) is 6.99. The monoisotopic (exact) mass is 224 g/mol. The first kappa shape index (κ1) is 12.8. The number of carbonyl (C=O) groups excluding carboxylic acids is 1. The minimum absolute atomic E-state index is 0.255. The normalized spacial score (nSPS) is 21.4. The van der Waals surface area contributed by atoms with E-state index in [0.29, 0.717) is 18.9 Å². The van der Waals surface area contributed by atoms with Crippen molar-refractivity contribution in [2.24, 2.45) is 5.92 Å². The van der Waals surface area contributed by atoms with E-state index in [2.05, 4.69) is 6.07 Å². The summed E-state index contributed by atoms with van der Waals surface area (Å²) in [7, 11) is 0. The number of piperidine rings is 1. The number of ether oxygens (including phenoxy) is 1. The van der Waals surface area contributed by atoms with Crippen LogP contribution in [0.4, 0.5) is 4.79 Å². The molecular weight excluding hydrogens is 204 g/mol. The summed E-state index contributed by atoms with van der Waals surface area (Å²) in [5.74, 6) is 0.311. The average Bonchev–Trinajstić information content (AvgIpc) is 2.16. The molecule has 0 radical (unpaired) electrons. The van der Waals surface area contributed by atoms with Gasteiger partial charge in [0.2, 0.25) is 0 Å². The average molecular weight is 224 g/mol. The summed E-state index contributed by atoms with van der Waals surface area (Å²) in [6, 6.07) is 2.17. The maximum atomic E-state index is 11.8. The van der Waals surface area contributed by atoms with E-state index in [1.165, 1.54) is 0 Å². The van der Waals surface area contributed by atoms with Crippen LogP contribution in [-0.2, 0) is 4.74 Å². The maximum absolute atomic E-state index is 11.8. The molecule has 1 saturated heterocycles. The van der Waals surface area contributed by atoms with Crippen LogP contribution in [0.2, 0.25) is 0 Å². The lowest BCUT2D eigenvalue weighted by Gasteiger charge is -2.33. The molecule has 16 heavy (non-hydrogen) atoms. The van der Waals surface area contributed by atoms with Gasteiger partial charge < -0.3 is 9.64 Å². The van der Waals surface area contributed by atoms with Crippen LogP contribution < -0.4 is 0 Å². The third-order valence-corrected chi connectivity index (χ3v) is 2.55. The predicted molar refractivity (Wildman–Crippen MR) is 60.8 cm³/mol. The lowest BCUT2D eigenvalue weighted by atomic mass is 9.96. The Morgan fingerprint density at radius 2 is 2.25 bits per heavy atom. The first-order valence-corrected chi connectivity index (χ1v) is 5.77. The molecule has 0 aromatic carbocycles. The zero-order valence-electron chi connectivity index (χ0n) is 10.3. The number of hydrogen-bond donors (Lipinski definition) is 0. The first-order chi connectivity index (χ1) is 7.42. The summed E-state index contributed by atoms with van der Waals surface area (Å²) in [5, 5.41) is 8.65. The predicted octanol–water partition coefficient (Wildman–Crippen LogP) is 2.55. The molecule has 4 nitrogen and oxygen atoms in total. The summed E-state index contributed by atoms with van der Waals surface area (Å²) >= 11 is 0. The van der Waals surface area contributed by atoms with Gasteiger partial charge in [-0.3, -0.25) is 0 Å². The largest absolute Gasteiger partial charge is 0.444 e. The Labute approximate surface area is 97.2 Å². The van der Waals surface area contributed by atoms with Crippen molar-refractivity contribution in [3.63, 3.8) is 0 Å². The molecule has 1 aliphatic heterocycles. The zero-order chi connectivity index (χ0) is 12.2. The number of hydrogen-bond acceptors (Lipinski definition) is 3. The Morgan fingerprint density at radius 3 is 2.81 bits per heavy atom. The Morgan fingerprint density at radius 1 is 1.56 bits per heavy atom. The van der Waals surface area contributed by atoms with Gasteiger partial charge in [0.05, 0.1) is 6.07 Å². The number of carbonyl (C=O) groups is 1. The molecule has 0 aromatic heterocycles. The smallest absolute Gasteiger partial charge is 0.410 e. The molecule has 0 aromatic rings. The molecule has 1 aliphatic rings. The van der Waals surface area contributed by atoms with E-state index in [1.807, 2.05) is 20.8 Å². The molecule has 90 valence electrons. The fourth-order valence-corrected chi connectivity index (χ4v) is 1.85. The SMILES string of the molecule is CC(C)(C)OC(=O)N1CCC[C@@H](CC#N)C1. The Kier molecular flexibility index (Phi) is 4.17. The summed E-state index contributed by atoms with van der Waals surface area (Å²) in [5.41, 5.74) is -0.445. The molecule has 0 bridgehead atoms. The summed E-state index contributed by atoms with van der Waals surface area (Å²) < 4.78 is 5.31. The van der Waals surface area contributed by atoms with Gasteiger partial charge in [0.1, 0.15) is 5.60 Å². The van der Waals surface area contributed by atoms with Gasteiger partial charge in [-0.2, -0.15) is 5.26 Å². The molecule has 0 aliphatic carbocycles. The van der Waals surface area contributed by atoms with Crippen LogP contribution >= 0.6 is 0 Å². The molecule has 0 unspecified atom stereocenters. The lowest BCUT2D eigenvalue weighted by molar-refractivity contribution is 0.0168. The summed E-state index contributed by atoms with van der Waals surface area (Å²) in [4.78, 5) is 13.5. The molecule has 1 rings (SSSR count). The Balaban J connectivity index is 2.48. The fraction of sp³-hybridized carbons (Fsp3) is 0.833. The van der Waals surface area contributed by atoms with Crippen LogP contribution in [0.15, 0.2) is 0 Å². The third-order valence-electron chi connectivity index (χ3n) is 2.55. The molecule has 1 fully saturated rings. The van der Waals surface area contributed by atoms with E-state index < -0.39 is 5.60 Å². The van der Waals surface area contributed by atoms with Crippen molar-refractivity contribution >= 4 is 6.09 Å². The minimum Gasteiger partial charge on any atom is -0.444 e. The van der Waals surface area contributed by atoms with Gasteiger partial charge in [-0.15, -0.1) is 0 Å². The quantitative estimate of drug-likeness (QED) is 0.687. The van der Waals surface area contributed by atoms with Crippen molar-refractivity contribution in [2.45, 2.75) is 45.6 Å². The molecule has 0 spiro atoms. The Hall–Kier alpha value is -1.24. The van der Waals surface area contributed by atoms with E-state index in [-0.39, 0.29) is 6.09 Å². The third kappa shape index (κ3) is 4.09. The van der Waals surface area contributed by atoms with Gasteiger partial charge >= 0.3 is 6.09 Å². The van der Waals surface area contributed by atoms with Crippen LogP contribution in [0.25, 0.3) is 0 Å². The number of nitriles is 1. The molecule has 1 amide bonds. The second-order valence-electron chi connectivity index (χ2n) is 5.30. The molecule has 0 saturated carbocycles. The van der Waals surface area contributed by atoms with Gasteiger partial charge in [-0.25, -0.2) is 4.79 Å². The van der Waals surface area contributed by atoms with Gasteiger partial charge in [0.15, 0.2) is 0 Å². The second kappa shape index (κ2) is 5.20. The zero-order valence-corrected chi connectivity index (χ0v) is 10.3. The van der Waals surface area contributed by atoms with Crippen molar-refractivity contribution in [3.8, 4) is 6.07 Å². The van der Waals surface area contributed by atoms with E-state index in [4.69, 9.17) is 10.00 Å². The van der Waals surface area contributed by atoms with Gasteiger partial charge in [0, 0.05) is 19.5 Å². The van der Waals surface area contributed by atoms with Crippen molar-refractivity contribution in [1.82, 2.24) is 4.90 Å². The van der Waals surface area contributed by atoms with Crippen molar-refractivity contribution in [3.05, 3.63) is 0 Å². The molecule has 1 heterocycles. The van der Waals surface area contributed by atoms with Crippen LogP contribution in [0.1, 0.15) is 40.0 Å². The van der Waals surface area contributed by atoms with E-state index in [1.54, 1.807) is 4.90 Å². The first-order valence-electron chi connectivity index (χ1n) is 5.77. The highest BCUT2D eigenvalue weighted by molar-refractivity contribution is 5.68. The molecule has 1 atom stereocenters. The maximum Gasteiger partial charge on any atom is 0.410 e. The number of rotatable bonds is 1. The highest BCUT2D eigenvalue weighted by Crippen LogP contribution is 2.21. The molecule has 4 heteroatoms. The van der Waals surface area contributed by atoms with Crippen LogP contribution in [0.3, 0.4) is 0 Å². The summed E-state index contributed by atoms with van der Waals surface area (Å²) in [6.07, 6.45) is 2.27. The lowest BCUT2D eigenvalue weighted by Crippen LogP contribution is -2.42. The van der Waals surface area contributed by atoms with Gasteiger partial charge in [-0.05, 0) is 39.5 Å². The fourth-order valence-electron chi connectivity index (χ4n) is 1.85. The molecule has 0 N–H and O–H groups in total. The second-order valence-corrected chi connectivity index (χ2v) is 5.30. The highest BCUT2D eigenvalue weighted by Gasteiger charge is 2.27. The topological polar surface area (TPSA) is 53.3 Å². The van der Waals surface area contributed by atoms with Crippen molar-refractivity contribution in [1.29, 1.82) is 5.26 Å². The number of amides is 1. The van der Waals surface area contributed by atoms with Gasteiger partial charge in [0.25, 0.3) is 0 Å². The molecular formula is C12H20N2O2. The Bertz CT molecular complexity index is 288. The van der Waals surface area contributed by atoms with Crippen molar-refractivity contribution < 1.29 is 9.53 Å². The van der Waals surface area contributed by atoms with E-state index in [0.717, 1.165) is 19.4 Å². The minimum atomic E-state index is -0.445. The van der Waals surface area contributed by atoms with Crippen LogP contribution in [-0.4, -0.2) is 29.7 Å². The van der Waals surface area contributed by atoms with Crippen molar-refractivity contribution in [2.75, 3.05) is 13.1 Å². The number of likely N-dealkylation sites (tertiary alicyclic amines) is 1. The highest BCUT2D eigenvalue weighted by atomic mass is 16.6. The van der Waals surface area contributed by atoms with Gasteiger partial charge in [-0.1, -0.05) is 0 Å². The van der Waals surface area contributed by atoms with E-state index >= 15 is 0 Å². The standard InChI is InChI=1S/C12H20N2O2/c1-12(2,3)16-11(15)14-8-4-5-10(9-14)6-7-13/h10H,4-6,8-9H2,1-3H3/t10-/m0/s1. The van der Waals surface area contributed by atoms with E-state index in [9.17, 15) is 4.79 Å². The van der Waals surface area contributed by atoms with Crippen LogP contribution in [0, 0.1) is 17.2 Å². The van der Waals surface area contributed by atoms with Crippen LogP contribution in [0.5, 0.6) is 0 Å². The number of nitrogens with zero attached hydrogens (tertiary/aromatic N) is 2.